The molecule has 2 nitrogen and oxygen atoms in total. The second-order valence-electron chi connectivity index (χ2n) is 3.45. The van der Waals surface area contributed by atoms with Gasteiger partial charge in [0.05, 0.1) is 7.11 Å². The summed E-state index contributed by atoms with van der Waals surface area (Å²) in [4.78, 5) is 0. The normalized spacial score (nSPS) is 9.81. The predicted octanol–water partition coefficient (Wildman–Crippen LogP) is 3.27. The molecule has 0 aromatic heterocycles. The van der Waals surface area contributed by atoms with E-state index >= 15 is 0 Å². The molecule has 0 unspecified atom stereocenters. The van der Waals surface area contributed by atoms with Crippen LogP contribution in [-0.2, 0) is 6.61 Å². The van der Waals surface area contributed by atoms with E-state index in [1.165, 1.54) is 0 Å². The molecule has 0 aliphatic rings. The van der Waals surface area contributed by atoms with Gasteiger partial charge >= 0.3 is 0 Å². The van der Waals surface area contributed by atoms with Gasteiger partial charge in [-0.1, -0.05) is 30.3 Å². The third-order valence-electron chi connectivity index (χ3n) is 2.28. The summed E-state index contributed by atoms with van der Waals surface area (Å²) in [6.45, 7) is 0.557. The van der Waals surface area contributed by atoms with Crippen molar-refractivity contribution in [1.82, 2.24) is 0 Å². The van der Waals surface area contributed by atoms with Gasteiger partial charge in [-0.2, -0.15) is 0 Å². The average molecular weight is 214 g/mol. The summed E-state index contributed by atoms with van der Waals surface area (Å²) in [5.74, 6) is 1.74. The van der Waals surface area contributed by atoms with Crippen molar-refractivity contribution < 1.29 is 9.47 Å². The zero-order chi connectivity index (χ0) is 11.2. The van der Waals surface area contributed by atoms with E-state index in [0.717, 1.165) is 17.1 Å². The summed E-state index contributed by atoms with van der Waals surface area (Å²) < 4.78 is 10.8. The Bertz CT molecular complexity index is 437. The summed E-state index contributed by atoms with van der Waals surface area (Å²) in [5.41, 5.74) is 1.10. The van der Waals surface area contributed by atoms with Crippen LogP contribution in [-0.4, -0.2) is 7.11 Å². The van der Waals surface area contributed by atoms with Crippen molar-refractivity contribution in [3.63, 3.8) is 0 Å². The van der Waals surface area contributed by atoms with Gasteiger partial charge in [0.25, 0.3) is 0 Å². The lowest BCUT2D eigenvalue weighted by molar-refractivity contribution is 0.305. The van der Waals surface area contributed by atoms with Gasteiger partial charge in [0.2, 0.25) is 0 Å². The SMILES string of the molecule is COc1cccc(COc2ccccc2)c1. The van der Waals surface area contributed by atoms with Gasteiger partial charge in [-0.25, -0.2) is 0 Å². The average Bonchev–Trinajstić information content (AvgIpc) is 2.38. The molecule has 0 spiro atoms. The molecule has 0 heterocycles. The maximum absolute atomic E-state index is 5.64. The van der Waals surface area contributed by atoms with Gasteiger partial charge in [0.15, 0.2) is 0 Å². The first-order valence-corrected chi connectivity index (χ1v) is 5.19. The topological polar surface area (TPSA) is 18.5 Å². The molecule has 0 bridgehead atoms. The largest absolute Gasteiger partial charge is 0.497 e. The first kappa shape index (κ1) is 10.6. The van der Waals surface area contributed by atoms with Crippen molar-refractivity contribution in [2.45, 2.75) is 6.61 Å². The van der Waals surface area contributed by atoms with Gasteiger partial charge in [-0.3, -0.25) is 0 Å². The highest BCUT2D eigenvalue weighted by Gasteiger charge is 1.97. The molecule has 2 aromatic carbocycles. The smallest absolute Gasteiger partial charge is 0.119 e. The summed E-state index contributed by atoms with van der Waals surface area (Å²) in [6.07, 6.45) is 0. The first-order valence-electron chi connectivity index (χ1n) is 5.19. The Morgan fingerprint density at radius 2 is 1.62 bits per heavy atom. The highest BCUT2D eigenvalue weighted by molar-refractivity contribution is 5.29. The van der Waals surface area contributed by atoms with Gasteiger partial charge in [0, 0.05) is 0 Å². The molecule has 82 valence electrons. The lowest BCUT2D eigenvalue weighted by atomic mass is 10.2. The number of hydrogen-bond donors (Lipinski definition) is 0. The van der Waals surface area contributed by atoms with Gasteiger partial charge in [-0.05, 0) is 29.8 Å². The molecule has 2 aromatic rings. The number of hydrogen-bond acceptors (Lipinski definition) is 2. The number of benzene rings is 2. The van der Waals surface area contributed by atoms with Crippen LogP contribution < -0.4 is 9.47 Å². The molecule has 0 atom stereocenters. The zero-order valence-corrected chi connectivity index (χ0v) is 9.22. The van der Waals surface area contributed by atoms with Gasteiger partial charge in [0.1, 0.15) is 18.1 Å². The van der Waals surface area contributed by atoms with Crippen LogP contribution in [0, 0.1) is 0 Å². The molecule has 0 saturated heterocycles. The maximum Gasteiger partial charge on any atom is 0.119 e. The second-order valence-corrected chi connectivity index (χ2v) is 3.45. The molecule has 2 heteroatoms. The van der Waals surface area contributed by atoms with Crippen LogP contribution >= 0.6 is 0 Å². The van der Waals surface area contributed by atoms with Crippen LogP contribution in [0.15, 0.2) is 54.6 Å². The fraction of sp³-hybridized carbons (Fsp3) is 0.143. The van der Waals surface area contributed by atoms with E-state index in [1.54, 1.807) is 7.11 Å². The van der Waals surface area contributed by atoms with Crippen molar-refractivity contribution >= 4 is 0 Å². The third kappa shape index (κ3) is 2.76. The molecule has 2 rings (SSSR count). The summed E-state index contributed by atoms with van der Waals surface area (Å²) in [5, 5.41) is 0. The van der Waals surface area contributed by atoms with Crippen molar-refractivity contribution in [2.75, 3.05) is 7.11 Å². The van der Waals surface area contributed by atoms with Gasteiger partial charge < -0.3 is 9.47 Å². The van der Waals surface area contributed by atoms with Crippen molar-refractivity contribution in [3.8, 4) is 11.5 Å². The van der Waals surface area contributed by atoms with Crippen molar-refractivity contribution in [2.24, 2.45) is 0 Å². The van der Waals surface area contributed by atoms with Crippen molar-refractivity contribution in [1.29, 1.82) is 0 Å². The Labute approximate surface area is 95.4 Å². The molecule has 0 amide bonds. The highest BCUT2D eigenvalue weighted by Crippen LogP contribution is 2.15. The molecule has 0 saturated carbocycles. The van der Waals surface area contributed by atoms with E-state index in [0.29, 0.717) is 6.61 Å². The Hall–Kier alpha value is -1.96. The number of methoxy groups -OCH3 is 1. The monoisotopic (exact) mass is 214 g/mol. The summed E-state index contributed by atoms with van der Waals surface area (Å²) in [6, 6.07) is 17.7. The predicted molar refractivity (Wildman–Crippen MR) is 63.8 cm³/mol. The van der Waals surface area contributed by atoms with Crippen LogP contribution in [0.2, 0.25) is 0 Å². The van der Waals surface area contributed by atoms with Gasteiger partial charge in [-0.15, -0.1) is 0 Å². The fourth-order valence-corrected chi connectivity index (χ4v) is 1.45. The van der Waals surface area contributed by atoms with Crippen LogP contribution in [0.1, 0.15) is 5.56 Å². The third-order valence-corrected chi connectivity index (χ3v) is 2.28. The van der Waals surface area contributed by atoms with E-state index in [-0.39, 0.29) is 0 Å². The Morgan fingerprint density at radius 1 is 0.875 bits per heavy atom. The lowest BCUT2D eigenvalue weighted by Gasteiger charge is -2.07. The molecule has 0 radical (unpaired) electrons. The number of rotatable bonds is 4. The van der Waals surface area contributed by atoms with E-state index < -0.39 is 0 Å². The van der Waals surface area contributed by atoms with E-state index in [4.69, 9.17) is 9.47 Å². The molecular weight excluding hydrogens is 200 g/mol. The van der Waals surface area contributed by atoms with Crippen molar-refractivity contribution in [3.05, 3.63) is 60.2 Å². The highest BCUT2D eigenvalue weighted by atomic mass is 16.5. The minimum absolute atomic E-state index is 0.557. The lowest BCUT2D eigenvalue weighted by Crippen LogP contribution is -1.95. The Balaban J connectivity index is 1.99. The quantitative estimate of drug-likeness (QED) is 0.777. The zero-order valence-electron chi connectivity index (χ0n) is 9.22. The molecule has 0 aliphatic carbocycles. The maximum atomic E-state index is 5.64. The first-order chi connectivity index (χ1) is 7.88. The molecular formula is C14H14O2. The fourth-order valence-electron chi connectivity index (χ4n) is 1.45. The number of para-hydroxylation sites is 1. The molecule has 0 fully saturated rings. The van der Waals surface area contributed by atoms with Crippen LogP contribution in [0.3, 0.4) is 0 Å². The number of ether oxygens (including phenoxy) is 2. The second kappa shape index (κ2) is 5.21. The van der Waals surface area contributed by atoms with E-state index in [2.05, 4.69) is 0 Å². The molecule has 16 heavy (non-hydrogen) atoms. The standard InChI is InChI=1S/C14H14O2/c1-15-14-9-5-6-12(10-14)11-16-13-7-3-2-4-8-13/h2-10H,11H2,1H3. The minimum atomic E-state index is 0.557. The molecule has 0 aliphatic heterocycles. The Kier molecular flexibility index (Phi) is 3.44. The summed E-state index contributed by atoms with van der Waals surface area (Å²) >= 11 is 0. The Morgan fingerprint density at radius 3 is 2.38 bits per heavy atom. The van der Waals surface area contributed by atoms with E-state index in [1.807, 2.05) is 54.6 Å². The van der Waals surface area contributed by atoms with Crippen LogP contribution in [0.5, 0.6) is 11.5 Å². The van der Waals surface area contributed by atoms with E-state index in [9.17, 15) is 0 Å². The minimum Gasteiger partial charge on any atom is -0.497 e. The van der Waals surface area contributed by atoms with Crippen LogP contribution in [0.25, 0.3) is 0 Å². The molecule has 0 N–H and O–H groups in total. The van der Waals surface area contributed by atoms with Crippen LogP contribution in [0.4, 0.5) is 0 Å². The summed E-state index contributed by atoms with van der Waals surface area (Å²) in [7, 11) is 1.66.